The van der Waals surface area contributed by atoms with Crippen LogP contribution in [-0.2, 0) is 0 Å². The third kappa shape index (κ3) is 2.49. The highest BCUT2D eigenvalue weighted by Gasteiger charge is 2.15. The Bertz CT molecular complexity index is 701. The first-order chi connectivity index (χ1) is 9.22. The monoisotopic (exact) mass is 271 g/mol. The van der Waals surface area contributed by atoms with Crippen LogP contribution >= 0.6 is 11.6 Å². The lowest BCUT2D eigenvalue weighted by atomic mass is 10.2. The van der Waals surface area contributed by atoms with Gasteiger partial charge in [-0.15, -0.1) is 0 Å². The van der Waals surface area contributed by atoms with Crippen LogP contribution in [0.4, 0.5) is 0 Å². The van der Waals surface area contributed by atoms with Crippen molar-refractivity contribution in [2.45, 2.75) is 6.92 Å². The van der Waals surface area contributed by atoms with Crippen LogP contribution in [0.3, 0.4) is 0 Å². The lowest BCUT2D eigenvalue weighted by Gasteiger charge is -1.99. The van der Waals surface area contributed by atoms with Gasteiger partial charge >= 0.3 is 0 Å². The van der Waals surface area contributed by atoms with E-state index in [4.69, 9.17) is 21.1 Å². The maximum atomic E-state index is 6.15. The van der Waals surface area contributed by atoms with E-state index in [0.29, 0.717) is 27.8 Å². The Hall–Kier alpha value is -2.18. The van der Waals surface area contributed by atoms with Gasteiger partial charge in [0.25, 0.3) is 0 Å². The largest absolute Gasteiger partial charge is 0.454 e. The van der Waals surface area contributed by atoms with Crippen molar-refractivity contribution < 1.29 is 9.47 Å². The summed E-state index contributed by atoms with van der Waals surface area (Å²) in [4.78, 5) is 4.32. The summed E-state index contributed by atoms with van der Waals surface area (Å²) >= 11 is 6.15. The number of halogens is 1. The number of rotatable bonds is 0. The Balaban J connectivity index is 1.96. The molecule has 1 aliphatic heterocycles. The van der Waals surface area contributed by atoms with Crippen molar-refractivity contribution in [2.24, 2.45) is 0 Å². The van der Waals surface area contributed by atoms with Gasteiger partial charge in [0, 0.05) is 23.4 Å². The van der Waals surface area contributed by atoms with Crippen molar-refractivity contribution in [1.82, 2.24) is 4.98 Å². The Kier molecular flexibility index (Phi) is 3.02. The van der Waals surface area contributed by atoms with E-state index in [9.17, 15) is 0 Å². The maximum absolute atomic E-state index is 6.15. The molecule has 19 heavy (non-hydrogen) atoms. The summed E-state index contributed by atoms with van der Waals surface area (Å²) in [5.74, 6) is 7.33. The molecular weight excluding hydrogens is 262 g/mol. The molecule has 0 saturated carbocycles. The van der Waals surface area contributed by atoms with E-state index in [2.05, 4.69) is 16.8 Å². The molecule has 0 unspecified atom stereocenters. The lowest BCUT2D eigenvalue weighted by molar-refractivity contribution is 0.174. The molecule has 1 aromatic heterocycles. The van der Waals surface area contributed by atoms with Gasteiger partial charge in [0.2, 0.25) is 6.79 Å². The van der Waals surface area contributed by atoms with Gasteiger partial charge in [-0.3, -0.25) is 0 Å². The molecule has 0 bridgehead atoms. The van der Waals surface area contributed by atoms with E-state index in [-0.39, 0.29) is 6.79 Å². The first-order valence-electron chi connectivity index (χ1n) is 5.77. The molecule has 4 heteroatoms. The van der Waals surface area contributed by atoms with Crippen LogP contribution in [0, 0.1) is 18.8 Å². The number of hydrogen-bond acceptors (Lipinski definition) is 3. The molecule has 1 aliphatic rings. The minimum Gasteiger partial charge on any atom is -0.454 e. The molecule has 2 aromatic rings. The Morgan fingerprint density at radius 2 is 1.95 bits per heavy atom. The number of pyridine rings is 1. The topological polar surface area (TPSA) is 31.4 Å². The molecular formula is C15H10ClNO2. The summed E-state index contributed by atoms with van der Waals surface area (Å²) in [6.07, 6.45) is 0. The van der Waals surface area contributed by atoms with Crippen LogP contribution in [0.1, 0.15) is 17.0 Å². The van der Waals surface area contributed by atoms with E-state index in [1.165, 1.54) is 0 Å². The Labute approximate surface area is 116 Å². The molecule has 1 aromatic carbocycles. The quantitative estimate of drug-likeness (QED) is 0.690. The van der Waals surface area contributed by atoms with E-state index in [1.807, 2.05) is 25.1 Å². The summed E-state index contributed by atoms with van der Waals surface area (Å²) < 4.78 is 10.5. The number of aromatic nitrogens is 1. The zero-order valence-electron chi connectivity index (χ0n) is 10.2. The summed E-state index contributed by atoms with van der Waals surface area (Å²) in [7, 11) is 0. The number of aryl methyl sites for hydroxylation is 1. The summed E-state index contributed by atoms with van der Waals surface area (Å²) in [6, 6.07) is 9.22. The van der Waals surface area contributed by atoms with Gasteiger partial charge in [0.1, 0.15) is 5.69 Å². The van der Waals surface area contributed by atoms with E-state index in [1.54, 1.807) is 12.1 Å². The molecule has 2 heterocycles. The molecule has 0 radical (unpaired) electrons. The van der Waals surface area contributed by atoms with Gasteiger partial charge in [0.05, 0.1) is 5.02 Å². The lowest BCUT2D eigenvalue weighted by Crippen LogP contribution is -1.92. The SMILES string of the molecule is Cc1cccc(C#Cc2cc3c(cc2Cl)OCO3)n1. The Morgan fingerprint density at radius 3 is 2.74 bits per heavy atom. The zero-order valence-corrected chi connectivity index (χ0v) is 11.0. The first kappa shape index (κ1) is 11.9. The predicted octanol–water partition coefficient (Wildman–Crippen LogP) is 3.17. The van der Waals surface area contributed by atoms with Crippen molar-refractivity contribution in [3.8, 4) is 23.3 Å². The van der Waals surface area contributed by atoms with Crippen molar-refractivity contribution in [3.63, 3.8) is 0 Å². The van der Waals surface area contributed by atoms with Gasteiger partial charge in [-0.05, 0) is 25.0 Å². The van der Waals surface area contributed by atoms with Crippen molar-refractivity contribution in [1.29, 1.82) is 0 Å². The van der Waals surface area contributed by atoms with Gasteiger partial charge in [-0.2, -0.15) is 0 Å². The zero-order chi connectivity index (χ0) is 13.2. The van der Waals surface area contributed by atoms with Gasteiger partial charge in [-0.25, -0.2) is 4.98 Å². The molecule has 94 valence electrons. The van der Waals surface area contributed by atoms with Gasteiger partial charge in [-0.1, -0.05) is 23.6 Å². The molecule has 0 fully saturated rings. The fourth-order valence-corrected chi connectivity index (χ4v) is 1.96. The van der Waals surface area contributed by atoms with Crippen LogP contribution in [0.2, 0.25) is 5.02 Å². The summed E-state index contributed by atoms with van der Waals surface area (Å²) in [5, 5.41) is 0.546. The minimum absolute atomic E-state index is 0.224. The molecule has 3 nitrogen and oxygen atoms in total. The molecule has 0 aliphatic carbocycles. The van der Waals surface area contributed by atoms with Crippen LogP contribution in [0.5, 0.6) is 11.5 Å². The first-order valence-corrected chi connectivity index (χ1v) is 6.15. The van der Waals surface area contributed by atoms with Crippen molar-refractivity contribution in [2.75, 3.05) is 6.79 Å². The number of nitrogens with zero attached hydrogens (tertiary/aromatic N) is 1. The van der Waals surface area contributed by atoms with Crippen LogP contribution in [-0.4, -0.2) is 11.8 Å². The van der Waals surface area contributed by atoms with E-state index >= 15 is 0 Å². The third-order valence-corrected chi connectivity index (χ3v) is 2.99. The Morgan fingerprint density at radius 1 is 1.16 bits per heavy atom. The summed E-state index contributed by atoms with van der Waals surface area (Å²) in [6.45, 7) is 2.15. The number of ether oxygens (including phenoxy) is 2. The van der Waals surface area contributed by atoms with Gasteiger partial charge < -0.3 is 9.47 Å². The number of fused-ring (bicyclic) bond motifs is 1. The second-order valence-electron chi connectivity index (χ2n) is 4.10. The van der Waals surface area contributed by atoms with Crippen molar-refractivity contribution in [3.05, 3.63) is 52.3 Å². The second kappa shape index (κ2) is 4.83. The molecule has 0 amide bonds. The van der Waals surface area contributed by atoms with Crippen LogP contribution in [0.25, 0.3) is 0 Å². The van der Waals surface area contributed by atoms with Crippen LogP contribution < -0.4 is 9.47 Å². The fourth-order valence-electron chi connectivity index (χ4n) is 1.76. The maximum Gasteiger partial charge on any atom is 0.231 e. The highest BCUT2D eigenvalue weighted by Crippen LogP contribution is 2.36. The standard InChI is InChI=1S/C15H10ClNO2/c1-10-3-2-4-12(17-10)6-5-11-7-14-15(8-13(11)16)19-9-18-14/h2-4,7-8H,9H2,1H3. The third-order valence-electron chi connectivity index (χ3n) is 2.68. The molecule has 3 rings (SSSR count). The average molecular weight is 272 g/mol. The second-order valence-corrected chi connectivity index (χ2v) is 4.51. The molecule has 0 spiro atoms. The molecule has 0 atom stereocenters. The van der Waals surface area contributed by atoms with Crippen molar-refractivity contribution >= 4 is 11.6 Å². The normalized spacial score (nSPS) is 11.9. The summed E-state index contributed by atoms with van der Waals surface area (Å²) in [5.41, 5.74) is 2.35. The number of benzene rings is 1. The number of hydrogen-bond donors (Lipinski definition) is 0. The van der Waals surface area contributed by atoms with E-state index < -0.39 is 0 Å². The highest BCUT2D eigenvalue weighted by atomic mass is 35.5. The van der Waals surface area contributed by atoms with Gasteiger partial charge in [0.15, 0.2) is 11.5 Å². The predicted molar refractivity (Wildman–Crippen MR) is 72.5 cm³/mol. The average Bonchev–Trinajstić information content (AvgIpc) is 2.83. The van der Waals surface area contributed by atoms with E-state index in [0.717, 1.165) is 5.69 Å². The molecule has 0 saturated heterocycles. The fraction of sp³-hybridized carbons (Fsp3) is 0.133. The molecule has 0 N–H and O–H groups in total. The smallest absolute Gasteiger partial charge is 0.231 e. The highest BCUT2D eigenvalue weighted by molar-refractivity contribution is 6.32. The van der Waals surface area contributed by atoms with Crippen LogP contribution in [0.15, 0.2) is 30.3 Å². The minimum atomic E-state index is 0.224.